The van der Waals surface area contributed by atoms with E-state index in [4.69, 9.17) is 9.47 Å². The van der Waals surface area contributed by atoms with Gasteiger partial charge in [0, 0.05) is 19.5 Å². The Morgan fingerprint density at radius 1 is 1.07 bits per heavy atom. The highest BCUT2D eigenvalue weighted by molar-refractivity contribution is 5.76. The maximum atomic E-state index is 12.4. The van der Waals surface area contributed by atoms with Crippen molar-refractivity contribution in [3.8, 4) is 11.5 Å². The van der Waals surface area contributed by atoms with Crippen LogP contribution in [-0.2, 0) is 11.2 Å². The Kier molecular flexibility index (Phi) is 7.14. The zero-order valence-electron chi connectivity index (χ0n) is 16.1. The quantitative estimate of drug-likeness (QED) is 0.662. The third-order valence-corrected chi connectivity index (χ3v) is 5.19. The van der Waals surface area contributed by atoms with Crippen LogP contribution < -0.4 is 9.47 Å². The van der Waals surface area contributed by atoms with Crippen LogP contribution in [0.2, 0.25) is 0 Å². The molecule has 0 aliphatic carbocycles. The first-order valence-electron chi connectivity index (χ1n) is 9.84. The molecule has 4 nitrogen and oxygen atoms in total. The van der Waals surface area contributed by atoms with E-state index >= 15 is 0 Å². The van der Waals surface area contributed by atoms with Gasteiger partial charge in [0.05, 0.1) is 13.7 Å². The number of likely N-dealkylation sites (tertiary alicyclic amines) is 1. The summed E-state index contributed by atoms with van der Waals surface area (Å²) in [6, 6.07) is 18.1. The van der Waals surface area contributed by atoms with E-state index in [0.29, 0.717) is 24.9 Å². The minimum atomic E-state index is 0.291. The van der Waals surface area contributed by atoms with Gasteiger partial charge in [-0.25, -0.2) is 0 Å². The van der Waals surface area contributed by atoms with Gasteiger partial charge in [-0.3, -0.25) is 4.79 Å². The molecule has 0 saturated carbocycles. The van der Waals surface area contributed by atoms with E-state index < -0.39 is 0 Å². The minimum Gasteiger partial charge on any atom is -0.493 e. The van der Waals surface area contributed by atoms with Crippen LogP contribution in [0, 0.1) is 5.92 Å². The number of carbonyl (C=O) groups excluding carboxylic acids is 1. The third-order valence-electron chi connectivity index (χ3n) is 5.19. The number of amides is 1. The van der Waals surface area contributed by atoms with Gasteiger partial charge in [0.1, 0.15) is 0 Å². The van der Waals surface area contributed by atoms with Crippen molar-refractivity contribution in [3.05, 3.63) is 60.2 Å². The minimum absolute atomic E-state index is 0.291. The molecule has 4 heteroatoms. The molecule has 1 amide bonds. The van der Waals surface area contributed by atoms with Crippen LogP contribution in [0.1, 0.15) is 31.2 Å². The molecule has 0 aromatic heterocycles. The molecule has 2 aromatic carbocycles. The number of methoxy groups -OCH3 is 1. The van der Waals surface area contributed by atoms with E-state index in [2.05, 4.69) is 24.3 Å². The molecule has 1 aliphatic rings. The van der Waals surface area contributed by atoms with Gasteiger partial charge in [0.15, 0.2) is 11.5 Å². The number of carbonyl (C=O) groups is 1. The molecule has 0 radical (unpaired) electrons. The predicted molar refractivity (Wildman–Crippen MR) is 107 cm³/mol. The molecule has 1 fully saturated rings. The first-order valence-corrected chi connectivity index (χ1v) is 9.84. The van der Waals surface area contributed by atoms with Crippen LogP contribution in [0.4, 0.5) is 0 Å². The molecule has 0 spiro atoms. The largest absolute Gasteiger partial charge is 0.493 e. The number of nitrogens with zero attached hydrogens (tertiary/aromatic N) is 1. The summed E-state index contributed by atoms with van der Waals surface area (Å²) >= 11 is 0. The van der Waals surface area contributed by atoms with Crippen molar-refractivity contribution >= 4 is 5.91 Å². The molecule has 1 saturated heterocycles. The Labute approximate surface area is 162 Å². The summed E-state index contributed by atoms with van der Waals surface area (Å²) in [6.07, 6.45) is 4.56. The van der Waals surface area contributed by atoms with Crippen LogP contribution in [0.15, 0.2) is 54.6 Å². The lowest BCUT2D eigenvalue weighted by Crippen LogP contribution is -2.28. The topological polar surface area (TPSA) is 38.8 Å². The predicted octanol–water partition coefficient (Wildman–Crippen LogP) is 4.34. The lowest BCUT2D eigenvalue weighted by Gasteiger charge is -2.17. The Hall–Kier alpha value is -2.49. The van der Waals surface area contributed by atoms with Crippen molar-refractivity contribution in [2.45, 2.75) is 32.1 Å². The van der Waals surface area contributed by atoms with Gasteiger partial charge in [-0.15, -0.1) is 0 Å². The van der Waals surface area contributed by atoms with Crippen LogP contribution in [0.25, 0.3) is 0 Å². The Morgan fingerprint density at radius 3 is 2.59 bits per heavy atom. The highest BCUT2D eigenvalue weighted by atomic mass is 16.5. The fourth-order valence-corrected chi connectivity index (χ4v) is 3.61. The normalized spacial score (nSPS) is 16.3. The number of para-hydroxylation sites is 2. The second-order valence-electron chi connectivity index (χ2n) is 7.12. The molecule has 144 valence electrons. The first-order chi connectivity index (χ1) is 13.3. The summed E-state index contributed by atoms with van der Waals surface area (Å²) in [5.41, 5.74) is 1.30. The van der Waals surface area contributed by atoms with E-state index in [1.807, 2.05) is 35.2 Å². The highest BCUT2D eigenvalue weighted by Crippen LogP contribution is 2.27. The van der Waals surface area contributed by atoms with Crippen molar-refractivity contribution in [2.75, 3.05) is 26.8 Å². The summed E-state index contributed by atoms with van der Waals surface area (Å²) < 4.78 is 11.2. The standard InChI is InChI=1S/C23H29NO3/c1-26-21-11-5-6-12-22(21)27-17-15-20-14-16-24(18-20)23(25)13-7-10-19-8-3-2-4-9-19/h2-6,8-9,11-12,20H,7,10,13-18H2,1H3. The van der Waals surface area contributed by atoms with Gasteiger partial charge in [-0.1, -0.05) is 42.5 Å². The second-order valence-corrected chi connectivity index (χ2v) is 7.12. The van der Waals surface area contributed by atoms with Gasteiger partial charge >= 0.3 is 0 Å². The van der Waals surface area contributed by atoms with E-state index in [9.17, 15) is 4.79 Å². The Balaban J connectivity index is 1.35. The monoisotopic (exact) mass is 367 g/mol. The second kappa shape index (κ2) is 10.0. The van der Waals surface area contributed by atoms with Crippen molar-refractivity contribution in [1.82, 2.24) is 4.90 Å². The van der Waals surface area contributed by atoms with Gasteiger partial charge in [-0.2, -0.15) is 0 Å². The summed E-state index contributed by atoms with van der Waals surface area (Å²) in [6.45, 7) is 2.39. The summed E-state index contributed by atoms with van der Waals surface area (Å²) in [5, 5.41) is 0. The molecule has 2 aromatic rings. The van der Waals surface area contributed by atoms with Crippen molar-refractivity contribution in [2.24, 2.45) is 5.92 Å². The van der Waals surface area contributed by atoms with Gasteiger partial charge < -0.3 is 14.4 Å². The average Bonchev–Trinajstić information content (AvgIpc) is 3.18. The number of aryl methyl sites for hydroxylation is 1. The zero-order chi connectivity index (χ0) is 18.9. The number of hydrogen-bond acceptors (Lipinski definition) is 3. The molecule has 1 atom stereocenters. The molecule has 3 rings (SSSR count). The van der Waals surface area contributed by atoms with Crippen LogP contribution in [-0.4, -0.2) is 37.6 Å². The SMILES string of the molecule is COc1ccccc1OCCC1CCN(C(=O)CCCc2ccccc2)C1. The Morgan fingerprint density at radius 2 is 1.81 bits per heavy atom. The van der Waals surface area contributed by atoms with E-state index in [-0.39, 0.29) is 0 Å². The van der Waals surface area contributed by atoms with Crippen molar-refractivity contribution in [1.29, 1.82) is 0 Å². The molecule has 0 bridgehead atoms. The first kappa shape index (κ1) is 19.3. The van der Waals surface area contributed by atoms with E-state index in [1.165, 1.54) is 5.56 Å². The smallest absolute Gasteiger partial charge is 0.222 e. The molecule has 0 N–H and O–H groups in total. The fraction of sp³-hybridized carbons (Fsp3) is 0.435. The lowest BCUT2D eigenvalue weighted by atomic mass is 10.1. The number of hydrogen-bond donors (Lipinski definition) is 0. The summed E-state index contributed by atoms with van der Waals surface area (Å²) in [4.78, 5) is 14.5. The van der Waals surface area contributed by atoms with E-state index in [0.717, 1.165) is 50.3 Å². The highest BCUT2D eigenvalue weighted by Gasteiger charge is 2.25. The van der Waals surface area contributed by atoms with Crippen LogP contribution >= 0.6 is 0 Å². The van der Waals surface area contributed by atoms with Crippen LogP contribution in [0.3, 0.4) is 0 Å². The van der Waals surface area contributed by atoms with Gasteiger partial charge in [0.2, 0.25) is 5.91 Å². The maximum Gasteiger partial charge on any atom is 0.222 e. The fourth-order valence-electron chi connectivity index (χ4n) is 3.61. The van der Waals surface area contributed by atoms with Crippen molar-refractivity contribution in [3.63, 3.8) is 0 Å². The Bertz CT molecular complexity index is 717. The molecular formula is C23H29NO3. The van der Waals surface area contributed by atoms with Crippen LogP contribution in [0.5, 0.6) is 11.5 Å². The van der Waals surface area contributed by atoms with E-state index in [1.54, 1.807) is 7.11 Å². The molecule has 1 heterocycles. The van der Waals surface area contributed by atoms with Gasteiger partial charge in [0.25, 0.3) is 0 Å². The van der Waals surface area contributed by atoms with Gasteiger partial charge in [-0.05, 0) is 49.3 Å². The molecule has 1 unspecified atom stereocenters. The molecule has 1 aliphatic heterocycles. The average molecular weight is 367 g/mol. The number of rotatable bonds is 9. The zero-order valence-corrected chi connectivity index (χ0v) is 16.1. The number of ether oxygens (including phenoxy) is 2. The maximum absolute atomic E-state index is 12.4. The summed E-state index contributed by atoms with van der Waals surface area (Å²) in [7, 11) is 1.65. The van der Waals surface area contributed by atoms with Crippen molar-refractivity contribution < 1.29 is 14.3 Å². The number of benzene rings is 2. The molecule has 27 heavy (non-hydrogen) atoms. The third kappa shape index (κ3) is 5.75. The summed E-state index contributed by atoms with van der Waals surface area (Å²) in [5.74, 6) is 2.36. The lowest BCUT2D eigenvalue weighted by molar-refractivity contribution is -0.130. The molecular weight excluding hydrogens is 338 g/mol.